The standard InChI is InChI=1S/C32H30N2S2/c1-21(2)13-5-7-15-23-29-32(36-28-20-12-9-17-25(28)33-29)24(16-8-6-14-22(3)4)30-31(23)35-27-19-11-10-18-26(27)34-30/h9-12,17-22H,5-6,13-14H2,1-4H3. The maximum Gasteiger partial charge on any atom is 0.0958 e. The lowest BCUT2D eigenvalue weighted by Crippen LogP contribution is -2.26. The van der Waals surface area contributed by atoms with Gasteiger partial charge in [-0.05, 0) is 48.9 Å². The monoisotopic (exact) mass is 506 g/mol. The normalized spacial score (nSPS) is 12.6. The summed E-state index contributed by atoms with van der Waals surface area (Å²) < 4.78 is 0. The van der Waals surface area contributed by atoms with E-state index in [0.29, 0.717) is 11.8 Å². The Kier molecular flexibility index (Phi) is 7.56. The second-order valence-electron chi connectivity index (χ2n) is 9.94. The van der Waals surface area contributed by atoms with E-state index >= 15 is 0 Å². The first-order valence-electron chi connectivity index (χ1n) is 12.7. The summed E-state index contributed by atoms with van der Waals surface area (Å²) in [6, 6.07) is 16.7. The highest BCUT2D eigenvalue weighted by atomic mass is 32.2. The molecule has 0 saturated carbocycles. The Bertz CT molecular complexity index is 1440. The molecule has 2 heterocycles. The Morgan fingerprint density at radius 2 is 1.06 bits per heavy atom. The summed E-state index contributed by atoms with van der Waals surface area (Å²) in [5.74, 6) is 15.3. The fourth-order valence-corrected chi connectivity index (χ4v) is 6.24. The number of rotatable bonds is 4. The third-order valence-electron chi connectivity index (χ3n) is 6.10. The zero-order valence-corrected chi connectivity index (χ0v) is 22.9. The van der Waals surface area contributed by atoms with E-state index in [1.807, 2.05) is 12.1 Å². The summed E-state index contributed by atoms with van der Waals surface area (Å²) in [5, 5.41) is 1.90. The minimum Gasteiger partial charge on any atom is -0.245 e. The second-order valence-corrected chi connectivity index (χ2v) is 12.0. The maximum absolute atomic E-state index is 5.16. The first kappa shape index (κ1) is 24.8. The number of benzene rings is 3. The third kappa shape index (κ3) is 5.27. The van der Waals surface area contributed by atoms with Crippen LogP contribution in [0.2, 0.25) is 0 Å². The van der Waals surface area contributed by atoms with E-state index in [4.69, 9.17) is 9.98 Å². The highest BCUT2D eigenvalue weighted by Crippen LogP contribution is 2.42. The topological polar surface area (TPSA) is 24.7 Å². The molecule has 3 aromatic rings. The van der Waals surface area contributed by atoms with Gasteiger partial charge in [0.25, 0.3) is 0 Å². The maximum atomic E-state index is 5.16. The van der Waals surface area contributed by atoms with Gasteiger partial charge in [-0.2, -0.15) is 0 Å². The van der Waals surface area contributed by atoms with E-state index in [2.05, 4.69) is 87.8 Å². The zero-order chi connectivity index (χ0) is 25.1. The van der Waals surface area contributed by atoms with Crippen molar-refractivity contribution in [1.82, 2.24) is 0 Å². The van der Waals surface area contributed by atoms with E-state index in [0.717, 1.165) is 78.5 Å². The molecule has 0 N–H and O–H groups in total. The molecule has 5 rings (SSSR count). The molecular formula is C32H30N2S2. The van der Waals surface area contributed by atoms with Crippen LogP contribution in [-0.4, -0.2) is 0 Å². The van der Waals surface area contributed by atoms with Crippen LogP contribution in [0.3, 0.4) is 0 Å². The molecule has 0 radical (unpaired) electrons. The molecule has 0 aromatic heterocycles. The summed E-state index contributed by atoms with van der Waals surface area (Å²) in [4.78, 5) is 14.8. The Balaban J connectivity index is 1.78. The molecule has 180 valence electrons. The molecule has 0 fully saturated rings. The molecule has 2 aliphatic heterocycles. The number of fused-ring (bicyclic) bond motifs is 4. The van der Waals surface area contributed by atoms with Crippen molar-refractivity contribution in [2.45, 2.75) is 73.0 Å². The molecule has 0 atom stereocenters. The Hall–Kier alpha value is -2.92. The molecule has 2 aliphatic rings. The smallest absolute Gasteiger partial charge is 0.0958 e. The molecule has 3 aromatic carbocycles. The van der Waals surface area contributed by atoms with Gasteiger partial charge in [0.05, 0.1) is 43.0 Å². The van der Waals surface area contributed by atoms with Gasteiger partial charge in [-0.25, -0.2) is 9.98 Å². The van der Waals surface area contributed by atoms with Crippen LogP contribution in [0.4, 0.5) is 11.4 Å². The van der Waals surface area contributed by atoms with Gasteiger partial charge in [0.1, 0.15) is 0 Å². The molecule has 0 spiro atoms. The fourth-order valence-electron chi connectivity index (χ4n) is 4.08. The first-order valence-corrected chi connectivity index (χ1v) is 14.3. The lowest BCUT2D eigenvalue weighted by atomic mass is 10.1. The van der Waals surface area contributed by atoms with Gasteiger partial charge in [0.2, 0.25) is 0 Å². The van der Waals surface area contributed by atoms with Crippen molar-refractivity contribution in [3.8, 4) is 23.7 Å². The van der Waals surface area contributed by atoms with Crippen molar-refractivity contribution in [2.24, 2.45) is 21.8 Å². The quantitative estimate of drug-likeness (QED) is 0.230. The molecule has 0 unspecified atom stereocenters. The predicted molar refractivity (Wildman–Crippen MR) is 151 cm³/mol. The van der Waals surface area contributed by atoms with Gasteiger partial charge in [0, 0.05) is 22.6 Å². The molecule has 0 aliphatic carbocycles. The van der Waals surface area contributed by atoms with Crippen LogP contribution >= 0.6 is 23.5 Å². The van der Waals surface area contributed by atoms with Crippen molar-refractivity contribution >= 4 is 34.9 Å². The van der Waals surface area contributed by atoms with Gasteiger partial charge in [0.15, 0.2) is 0 Å². The van der Waals surface area contributed by atoms with E-state index in [1.165, 1.54) is 0 Å². The van der Waals surface area contributed by atoms with Crippen LogP contribution in [0.5, 0.6) is 0 Å². The molecule has 0 saturated heterocycles. The average Bonchev–Trinajstić information content (AvgIpc) is 2.87. The van der Waals surface area contributed by atoms with Gasteiger partial charge < -0.3 is 0 Å². The lowest BCUT2D eigenvalue weighted by Gasteiger charge is -2.20. The highest BCUT2D eigenvalue weighted by molar-refractivity contribution is 8.00. The van der Waals surface area contributed by atoms with E-state index in [9.17, 15) is 0 Å². The summed E-state index contributed by atoms with van der Waals surface area (Å²) in [6.07, 6.45) is 3.93. The van der Waals surface area contributed by atoms with Crippen molar-refractivity contribution in [2.75, 3.05) is 0 Å². The van der Waals surface area contributed by atoms with E-state index in [-0.39, 0.29) is 0 Å². The molecule has 4 heteroatoms. The summed E-state index contributed by atoms with van der Waals surface area (Å²) >= 11 is 3.51. The van der Waals surface area contributed by atoms with Crippen molar-refractivity contribution < 1.29 is 0 Å². The summed E-state index contributed by atoms with van der Waals surface area (Å²) in [6.45, 7) is 8.97. The largest absolute Gasteiger partial charge is 0.245 e. The molecule has 36 heavy (non-hydrogen) atoms. The van der Waals surface area contributed by atoms with E-state index in [1.54, 1.807) is 23.5 Å². The van der Waals surface area contributed by atoms with Crippen LogP contribution < -0.4 is 10.7 Å². The number of hydrogen-bond donors (Lipinski definition) is 0. The number of hydrogen-bond acceptors (Lipinski definition) is 4. The lowest BCUT2D eigenvalue weighted by molar-refractivity contribution is 0.599. The number of para-hydroxylation sites is 2. The average molecular weight is 507 g/mol. The predicted octanol–water partition coefficient (Wildman–Crippen LogP) is 8.09. The fraction of sp³-hybridized carbons (Fsp3) is 0.312. The van der Waals surface area contributed by atoms with Gasteiger partial charge in [-0.15, -0.1) is 0 Å². The molecule has 0 amide bonds. The third-order valence-corrected chi connectivity index (χ3v) is 8.43. The molecule has 0 bridgehead atoms. The zero-order valence-electron chi connectivity index (χ0n) is 21.3. The van der Waals surface area contributed by atoms with E-state index < -0.39 is 0 Å². The second kappa shape index (κ2) is 11.0. The molecular weight excluding hydrogens is 477 g/mol. The van der Waals surface area contributed by atoms with Crippen LogP contribution in [0.1, 0.15) is 64.5 Å². The van der Waals surface area contributed by atoms with Gasteiger partial charge >= 0.3 is 0 Å². The van der Waals surface area contributed by atoms with Gasteiger partial charge in [-0.1, -0.05) is 99.2 Å². The Morgan fingerprint density at radius 3 is 1.47 bits per heavy atom. The number of nitrogens with zero attached hydrogens (tertiary/aromatic N) is 2. The van der Waals surface area contributed by atoms with Crippen LogP contribution in [0.15, 0.2) is 78.1 Å². The summed E-state index contributed by atoms with van der Waals surface area (Å²) in [7, 11) is 0. The molecule has 2 nitrogen and oxygen atoms in total. The minimum atomic E-state index is 0.633. The highest BCUT2D eigenvalue weighted by Gasteiger charge is 2.25. The summed E-state index contributed by atoms with van der Waals surface area (Å²) in [5.41, 5.74) is 3.97. The van der Waals surface area contributed by atoms with Crippen LogP contribution in [0.25, 0.3) is 0 Å². The van der Waals surface area contributed by atoms with Gasteiger partial charge in [-0.3, -0.25) is 0 Å². The van der Waals surface area contributed by atoms with Crippen LogP contribution in [-0.2, 0) is 0 Å². The Morgan fingerprint density at radius 1 is 0.639 bits per heavy atom. The van der Waals surface area contributed by atoms with Crippen LogP contribution in [0, 0.1) is 35.5 Å². The Labute approximate surface area is 223 Å². The van der Waals surface area contributed by atoms with Crippen molar-refractivity contribution in [3.63, 3.8) is 0 Å². The van der Waals surface area contributed by atoms with Crippen molar-refractivity contribution in [3.05, 3.63) is 70.4 Å². The SMILES string of the molecule is CC(C)CCC#Cc1c2c(c(C#CCCC(C)C)c3c1=Nc1ccccc1S3)=Nc1ccccc1S2. The first-order chi connectivity index (χ1) is 17.5. The minimum absolute atomic E-state index is 0.633. The van der Waals surface area contributed by atoms with Crippen molar-refractivity contribution in [1.29, 1.82) is 0 Å².